The summed E-state index contributed by atoms with van der Waals surface area (Å²) in [6.45, 7) is 3.75. The van der Waals surface area contributed by atoms with E-state index in [1.807, 2.05) is 13.8 Å². The average molecular weight is 291 g/mol. The Morgan fingerprint density at radius 3 is 2.48 bits per heavy atom. The van der Waals surface area contributed by atoms with Crippen molar-refractivity contribution in [2.24, 2.45) is 0 Å². The lowest BCUT2D eigenvalue weighted by molar-refractivity contribution is 0.0596. The highest BCUT2D eigenvalue weighted by molar-refractivity contribution is 6.27. The zero-order chi connectivity index (χ0) is 15.7. The number of fused-ring (bicyclic) bond motifs is 1. The van der Waals surface area contributed by atoms with Gasteiger partial charge in [-0.3, -0.25) is 9.59 Å². The predicted octanol–water partition coefficient (Wildman–Crippen LogP) is 1.88. The van der Waals surface area contributed by atoms with Gasteiger partial charge >= 0.3 is 5.97 Å². The molecule has 6 heteroatoms. The molecule has 0 saturated carbocycles. The van der Waals surface area contributed by atoms with E-state index in [0.717, 1.165) is 0 Å². The molecule has 0 aliphatic heterocycles. The summed E-state index contributed by atoms with van der Waals surface area (Å²) < 4.78 is 9.69. The molecule has 21 heavy (non-hydrogen) atoms. The van der Waals surface area contributed by atoms with Crippen LogP contribution in [0.15, 0.2) is 11.6 Å². The van der Waals surface area contributed by atoms with E-state index in [0.29, 0.717) is 5.69 Å². The van der Waals surface area contributed by atoms with E-state index in [1.165, 1.54) is 20.3 Å². The largest absolute Gasteiger partial charge is 0.465 e. The number of H-pyrrole nitrogens is 1. The highest BCUT2D eigenvalue weighted by Gasteiger charge is 2.35. The van der Waals surface area contributed by atoms with Crippen LogP contribution < -0.4 is 0 Å². The molecule has 0 spiro atoms. The maximum Gasteiger partial charge on any atom is 0.340 e. The van der Waals surface area contributed by atoms with Crippen LogP contribution >= 0.6 is 0 Å². The van der Waals surface area contributed by atoms with E-state index in [-0.39, 0.29) is 46.5 Å². The number of carbonyl (C=O) groups excluding carboxylic acids is 3. The minimum Gasteiger partial charge on any atom is -0.465 e. The van der Waals surface area contributed by atoms with Crippen LogP contribution in [0.2, 0.25) is 0 Å². The number of allylic oxidation sites excluding steroid dienone is 1. The van der Waals surface area contributed by atoms with Gasteiger partial charge in [0.25, 0.3) is 0 Å². The summed E-state index contributed by atoms with van der Waals surface area (Å²) in [6, 6.07) is 0. The van der Waals surface area contributed by atoms with Crippen LogP contribution in [0, 0.1) is 0 Å². The van der Waals surface area contributed by atoms with Crippen molar-refractivity contribution < 1.29 is 23.9 Å². The fraction of sp³-hybridized carbons (Fsp3) is 0.400. The number of hydrogen-bond acceptors (Lipinski definition) is 5. The number of carbonyl (C=O) groups is 3. The number of nitrogens with one attached hydrogen (secondary N) is 1. The first-order chi connectivity index (χ1) is 9.92. The molecule has 6 nitrogen and oxygen atoms in total. The first-order valence-electron chi connectivity index (χ1n) is 6.55. The Kier molecular flexibility index (Phi) is 4.09. The van der Waals surface area contributed by atoms with Crippen LogP contribution in [0.5, 0.6) is 0 Å². The van der Waals surface area contributed by atoms with Gasteiger partial charge in [0.05, 0.1) is 30.5 Å². The standard InChI is InChI=1S/C15H17NO5/c1-7(2)12-11(15(19)21-4)10-13(16-12)9(17)5-8(6-20-3)14(10)18/h5,7,16H,6H2,1-4H3. The summed E-state index contributed by atoms with van der Waals surface area (Å²) in [5.41, 5.74) is 1.13. The van der Waals surface area contributed by atoms with E-state index >= 15 is 0 Å². The Balaban J connectivity index is 2.68. The number of ether oxygens (including phenoxy) is 2. The zero-order valence-electron chi connectivity index (χ0n) is 12.4. The second-order valence-corrected chi connectivity index (χ2v) is 5.11. The fourth-order valence-corrected chi connectivity index (χ4v) is 2.40. The number of methoxy groups -OCH3 is 2. The Labute approximate surface area is 122 Å². The first kappa shape index (κ1) is 15.2. The molecule has 0 atom stereocenters. The molecule has 0 saturated heterocycles. The molecule has 112 valence electrons. The van der Waals surface area contributed by atoms with Crippen LogP contribution in [0.3, 0.4) is 0 Å². The zero-order valence-corrected chi connectivity index (χ0v) is 12.4. The molecule has 1 N–H and O–H groups in total. The number of rotatable bonds is 4. The Morgan fingerprint density at radius 1 is 1.29 bits per heavy atom. The van der Waals surface area contributed by atoms with Crippen molar-refractivity contribution in [3.05, 3.63) is 34.2 Å². The lowest BCUT2D eigenvalue weighted by atomic mass is 9.91. The average Bonchev–Trinajstić information content (AvgIpc) is 2.85. The minimum atomic E-state index is -0.629. The summed E-state index contributed by atoms with van der Waals surface area (Å²) in [7, 11) is 2.68. The summed E-state index contributed by atoms with van der Waals surface area (Å²) in [6.07, 6.45) is 1.25. The van der Waals surface area contributed by atoms with Crippen molar-refractivity contribution in [1.29, 1.82) is 0 Å². The maximum atomic E-state index is 12.5. The Bertz CT molecular complexity index is 651. The molecule has 1 aromatic rings. The summed E-state index contributed by atoms with van der Waals surface area (Å²) in [4.78, 5) is 39.6. The Hall–Kier alpha value is -2.21. The van der Waals surface area contributed by atoms with Gasteiger partial charge in [0.2, 0.25) is 5.78 Å². The second kappa shape index (κ2) is 5.65. The number of hydrogen-bond donors (Lipinski definition) is 1. The summed E-state index contributed by atoms with van der Waals surface area (Å²) >= 11 is 0. The number of ketones is 2. The highest BCUT2D eigenvalue weighted by atomic mass is 16.5. The molecule has 1 heterocycles. The molecular weight excluding hydrogens is 274 g/mol. The van der Waals surface area contributed by atoms with E-state index < -0.39 is 5.97 Å². The molecule has 0 unspecified atom stereocenters. The van der Waals surface area contributed by atoms with Gasteiger partial charge in [-0.1, -0.05) is 13.8 Å². The monoisotopic (exact) mass is 291 g/mol. The lowest BCUT2D eigenvalue weighted by Crippen LogP contribution is -2.21. The minimum absolute atomic E-state index is 0.0207. The number of aromatic nitrogens is 1. The normalized spacial score (nSPS) is 14.2. The third kappa shape index (κ3) is 2.42. The smallest absolute Gasteiger partial charge is 0.340 e. The van der Waals surface area contributed by atoms with Crippen molar-refractivity contribution >= 4 is 17.5 Å². The molecule has 1 aliphatic rings. The van der Waals surface area contributed by atoms with Crippen LogP contribution in [0.25, 0.3) is 0 Å². The number of esters is 1. The molecule has 0 fully saturated rings. The first-order valence-corrected chi connectivity index (χ1v) is 6.55. The van der Waals surface area contributed by atoms with Gasteiger partial charge in [0, 0.05) is 18.4 Å². The molecule has 0 bridgehead atoms. The van der Waals surface area contributed by atoms with Crippen molar-refractivity contribution in [3.8, 4) is 0 Å². The molecule has 0 radical (unpaired) electrons. The Morgan fingerprint density at radius 2 is 1.95 bits per heavy atom. The molecule has 0 aromatic carbocycles. The maximum absolute atomic E-state index is 12.5. The molecule has 0 amide bonds. The highest BCUT2D eigenvalue weighted by Crippen LogP contribution is 2.31. The lowest BCUT2D eigenvalue weighted by Gasteiger charge is -2.12. The van der Waals surface area contributed by atoms with Crippen molar-refractivity contribution in [3.63, 3.8) is 0 Å². The van der Waals surface area contributed by atoms with Crippen LogP contribution in [0.4, 0.5) is 0 Å². The van der Waals surface area contributed by atoms with Gasteiger partial charge in [-0.05, 0) is 12.0 Å². The predicted molar refractivity (Wildman–Crippen MR) is 74.8 cm³/mol. The topological polar surface area (TPSA) is 85.5 Å². The van der Waals surface area contributed by atoms with Crippen molar-refractivity contribution in [2.75, 3.05) is 20.8 Å². The third-order valence-electron chi connectivity index (χ3n) is 3.37. The molecule has 2 rings (SSSR count). The van der Waals surface area contributed by atoms with E-state index in [4.69, 9.17) is 9.47 Å². The fourth-order valence-electron chi connectivity index (χ4n) is 2.40. The van der Waals surface area contributed by atoms with Crippen LogP contribution in [0.1, 0.15) is 56.7 Å². The number of aromatic amines is 1. The van der Waals surface area contributed by atoms with Crippen LogP contribution in [-0.4, -0.2) is 43.3 Å². The van der Waals surface area contributed by atoms with E-state index in [1.54, 1.807) is 0 Å². The third-order valence-corrected chi connectivity index (χ3v) is 3.37. The van der Waals surface area contributed by atoms with Gasteiger partial charge in [0.15, 0.2) is 5.78 Å². The second-order valence-electron chi connectivity index (χ2n) is 5.11. The van der Waals surface area contributed by atoms with Crippen molar-refractivity contribution in [1.82, 2.24) is 4.98 Å². The van der Waals surface area contributed by atoms with Crippen molar-refractivity contribution in [2.45, 2.75) is 19.8 Å². The van der Waals surface area contributed by atoms with E-state index in [2.05, 4.69) is 4.98 Å². The van der Waals surface area contributed by atoms with Gasteiger partial charge < -0.3 is 14.5 Å². The van der Waals surface area contributed by atoms with E-state index in [9.17, 15) is 14.4 Å². The van der Waals surface area contributed by atoms with Crippen LogP contribution in [-0.2, 0) is 9.47 Å². The van der Waals surface area contributed by atoms with Gasteiger partial charge in [0.1, 0.15) is 0 Å². The summed E-state index contributed by atoms with van der Waals surface area (Å²) in [5, 5.41) is 0. The SMILES string of the molecule is COCC1=CC(=O)c2[nH]c(C(C)C)c(C(=O)OC)c2C1=O. The number of Topliss-reactive ketones (excluding diaryl/α,β-unsaturated/α-hetero) is 1. The van der Waals surface area contributed by atoms with Gasteiger partial charge in [-0.2, -0.15) is 0 Å². The molecule has 1 aromatic heterocycles. The molecule has 1 aliphatic carbocycles. The van der Waals surface area contributed by atoms with Gasteiger partial charge in [-0.15, -0.1) is 0 Å². The quantitative estimate of drug-likeness (QED) is 0.856. The van der Waals surface area contributed by atoms with Gasteiger partial charge in [-0.25, -0.2) is 4.79 Å². The summed E-state index contributed by atoms with van der Waals surface area (Å²) in [5.74, 6) is -1.41. The molecular formula is C15H17NO5.